The van der Waals surface area contributed by atoms with E-state index >= 15 is 0 Å². The molecule has 18 heavy (non-hydrogen) atoms. The maximum atomic E-state index is 11.9. The van der Waals surface area contributed by atoms with Gasteiger partial charge in [0.2, 0.25) is 10.0 Å². The molecular formula is C12H13NO3S2. The van der Waals surface area contributed by atoms with Crippen molar-refractivity contribution in [1.82, 2.24) is 4.72 Å². The van der Waals surface area contributed by atoms with Crippen LogP contribution >= 0.6 is 11.3 Å². The van der Waals surface area contributed by atoms with Crippen LogP contribution in [-0.2, 0) is 16.4 Å². The van der Waals surface area contributed by atoms with Crippen LogP contribution < -0.4 is 4.72 Å². The molecule has 0 spiro atoms. The molecule has 0 bridgehead atoms. The largest absolute Gasteiger partial charge is 0.508 e. The minimum atomic E-state index is -3.49. The molecule has 0 radical (unpaired) electrons. The van der Waals surface area contributed by atoms with Crippen LogP contribution in [0.25, 0.3) is 0 Å². The molecule has 2 rings (SSSR count). The first kappa shape index (κ1) is 13.1. The lowest BCUT2D eigenvalue weighted by Crippen LogP contribution is -2.25. The van der Waals surface area contributed by atoms with Gasteiger partial charge in [-0.25, -0.2) is 13.1 Å². The molecule has 0 fully saturated rings. The Morgan fingerprint density at radius 1 is 1.17 bits per heavy atom. The number of phenols is 1. The highest BCUT2D eigenvalue weighted by Gasteiger charge is 2.12. The summed E-state index contributed by atoms with van der Waals surface area (Å²) in [5.74, 6) is 0.0484. The second kappa shape index (κ2) is 5.51. The molecule has 2 aromatic rings. The van der Waals surface area contributed by atoms with Crippen molar-refractivity contribution in [3.8, 4) is 5.75 Å². The van der Waals surface area contributed by atoms with Crippen LogP contribution in [0.3, 0.4) is 0 Å². The molecule has 1 aromatic heterocycles. The molecule has 1 heterocycles. The highest BCUT2D eigenvalue weighted by molar-refractivity contribution is 7.89. The molecule has 6 heteroatoms. The molecule has 0 amide bonds. The summed E-state index contributed by atoms with van der Waals surface area (Å²) in [4.78, 5) is 0.158. The molecule has 0 unspecified atom stereocenters. The van der Waals surface area contributed by atoms with Crippen molar-refractivity contribution >= 4 is 21.4 Å². The van der Waals surface area contributed by atoms with Crippen LogP contribution in [-0.4, -0.2) is 20.1 Å². The number of aromatic hydroxyl groups is 1. The summed E-state index contributed by atoms with van der Waals surface area (Å²) in [6.45, 7) is 0.361. The van der Waals surface area contributed by atoms with E-state index in [4.69, 9.17) is 5.11 Å². The van der Waals surface area contributed by atoms with Crippen LogP contribution in [0.2, 0.25) is 0 Å². The van der Waals surface area contributed by atoms with Crippen molar-refractivity contribution in [3.05, 3.63) is 46.7 Å². The Bertz CT molecular complexity index is 589. The Balaban J connectivity index is 1.97. The second-order valence-corrected chi connectivity index (χ2v) is 6.32. The summed E-state index contributed by atoms with van der Waals surface area (Å²) in [5, 5.41) is 13.1. The van der Waals surface area contributed by atoms with E-state index in [0.29, 0.717) is 13.0 Å². The maximum absolute atomic E-state index is 11.9. The quantitative estimate of drug-likeness (QED) is 0.881. The van der Waals surface area contributed by atoms with Crippen LogP contribution in [0.4, 0.5) is 0 Å². The Hall–Kier alpha value is -1.37. The first-order chi connectivity index (χ1) is 8.58. The maximum Gasteiger partial charge on any atom is 0.240 e. The van der Waals surface area contributed by atoms with Crippen molar-refractivity contribution in [2.45, 2.75) is 11.3 Å². The lowest BCUT2D eigenvalue weighted by molar-refractivity contribution is 0.474. The zero-order chi connectivity index (χ0) is 13.0. The zero-order valence-electron chi connectivity index (χ0n) is 9.54. The summed E-state index contributed by atoms with van der Waals surface area (Å²) in [6, 6.07) is 7.44. The van der Waals surface area contributed by atoms with E-state index in [-0.39, 0.29) is 10.6 Å². The summed E-state index contributed by atoms with van der Waals surface area (Å²) >= 11 is 1.59. The van der Waals surface area contributed by atoms with Gasteiger partial charge in [0.15, 0.2) is 0 Å². The van der Waals surface area contributed by atoms with Crippen molar-refractivity contribution in [2.75, 3.05) is 6.54 Å². The molecule has 0 atom stereocenters. The molecule has 96 valence electrons. The fourth-order valence-electron chi connectivity index (χ4n) is 1.47. The molecule has 2 N–H and O–H groups in total. The van der Waals surface area contributed by atoms with E-state index in [9.17, 15) is 8.42 Å². The van der Waals surface area contributed by atoms with Gasteiger partial charge in [-0.1, -0.05) is 0 Å². The van der Waals surface area contributed by atoms with Crippen molar-refractivity contribution in [1.29, 1.82) is 0 Å². The van der Waals surface area contributed by atoms with Crippen LogP contribution in [0.1, 0.15) is 5.56 Å². The van der Waals surface area contributed by atoms with E-state index in [1.807, 2.05) is 16.8 Å². The van der Waals surface area contributed by atoms with Gasteiger partial charge < -0.3 is 5.11 Å². The molecule has 0 aliphatic carbocycles. The number of thiophene rings is 1. The van der Waals surface area contributed by atoms with E-state index in [0.717, 1.165) is 5.56 Å². The van der Waals surface area contributed by atoms with Crippen molar-refractivity contribution < 1.29 is 13.5 Å². The molecule has 0 aliphatic heterocycles. The normalized spacial score (nSPS) is 11.6. The van der Waals surface area contributed by atoms with Gasteiger partial charge in [-0.15, -0.1) is 0 Å². The molecule has 1 aromatic carbocycles. The third kappa shape index (κ3) is 3.32. The minimum Gasteiger partial charge on any atom is -0.508 e. The topological polar surface area (TPSA) is 66.4 Å². The van der Waals surface area contributed by atoms with E-state index < -0.39 is 10.0 Å². The second-order valence-electron chi connectivity index (χ2n) is 3.77. The van der Waals surface area contributed by atoms with Gasteiger partial charge in [-0.05, 0) is 53.1 Å². The first-order valence-electron chi connectivity index (χ1n) is 5.38. The molecule has 0 saturated carbocycles. The number of rotatable bonds is 5. The van der Waals surface area contributed by atoms with Gasteiger partial charge in [0.25, 0.3) is 0 Å². The van der Waals surface area contributed by atoms with Crippen molar-refractivity contribution in [3.63, 3.8) is 0 Å². The Morgan fingerprint density at radius 2 is 1.89 bits per heavy atom. The minimum absolute atomic E-state index is 0.0484. The van der Waals surface area contributed by atoms with Crippen LogP contribution in [0, 0.1) is 0 Å². The Labute approximate surface area is 110 Å². The summed E-state index contributed by atoms with van der Waals surface area (Å²) in [5.41, 5.74) is 1.12. The average molecular weight is 283 g/mol. The predicted octanol–water partition coefficient (Wildman–Crippen LogP) is 1.97. The standard InChI is InChI=1S/C12H13NO3S2/c14-11-1-3-12(4-2-11)18(15,16)13-7-5-10-6-8-17-9-10/h1-4,6,8-9,13-14H,5,7H2. The lowest BCUT2D eigenvalue weighted by Gasteiger charge is -2.06. The summed E-state index contributed by atoms with van der Waals surface area (Å²) in [6.07, 6.45) is 0.667. The number of phenolic OH excluding ortho intramolecular Hbond substituents is 1. The SMILES string of the molecule is O=S(=O)(NCCc1ccsc1)c1ccc(O)cc1. The predicted molar refractivity (Wildman–Crippen MR) is 71.3 cm³/mol. The van der Waals surface area contributed by atoms with E-state index in [1.165, 1.54) is 24.3 Å². The monoisotopic (exact) mass is 283 g/mol. The van der Waals surface area contributed by atoms with Gasteiger partial charge in [0.05, 0.1) is 4.90 Å². The van der Waals surface area contributed by atoms with Gasteiger partial charge in [-0.3, -0.25) is 0 Å². The smallest absolute Gasteiger partial charge is 0.240 e. The number of hydrogen-bond acceptors (Lipinski definition) is 4. The fourth-order valence-corrected chi connectivity index (χ4v) is 3.21. The highest BCUT2D eigenvalue weighted by Crippen LogP contribution is 2.14. The molecular weight excluding hydrogens is 270 g/mol. The Kier molecular flexibility index (Phi) is 4.00. The van der Waals surface area contributed by atoms with E-state index in [2.05, 4.69) is 4.72 Å². The van der Waals surface area contributed by atoms with Gasteiger partial charge in [0, 0.05) is 6.54 Å². The molecule has 0 saturated heterocycles. The number of sulfonamides is 1. The fraction of sp³-hybridized carbons (Fsp3) is 0.167. The van der Waals surface area contributed by atoms with Crippen LogP contribution in [0.5, 0.6) is 5.75 Å². The number of nitrogens with one attached hydrogen (secondary N) is 1. The third-order valence-corrected chi connectivity index (χ3v) is 4.64. The third-order valence-electron chi connectivity index (χ3n) is 2.43. The molecule has 0 aliphatic rings. The number of hydrogen-bond donors (Lipinski definition) is 2. The Morgan fingerprint density at radius 3 is 2.50 bits per heavy atom. The van der Waals surface area contributed by atoms with Crippen LogP contribution in [0.15, 0.2) is 46.0 Å². The van der Waals surface area contributed by atoms with Gasteiger partial charge in [0.1, 0.15) is 5.75 Å². The lowest BCUT2D eigenvalue weighted by atomic mass is 10.2. The molecule has 4 nitrogen and oxygen atoms in total. The van der Waals surface area contributed by atoms with Gasteiger partial charge >= 0.3 is 0 Å². The average Bonchev–Trinajstić information content (AvgIpc) is 2.82. The first-order valence-corrected chi connectivity index (χ1v) is 7.80. The van der Waals surface area contributed by atoms with Crippen molar-refractivity contribution in [2.24, 2.45) is 0 Å². The zero-order valence-corrected chi connectivity index (χ0v) is 11.2. The van der Waals surface area contributed by atoms with E-state index in [1.54, 1.807) is 11.3 Å². The highest BCUT2D eigenvalue weighted by atomic mass is 32.2. The summed E-state index contributed by atoms with van der Waals surface area (Å²) < 4.78 is 26.3. The van der Waals surface area contributed by atoms with Gasteiger partial charge in [-0.2, -0.15) is 11.3 Å². The summed E-state index contributed by atoms with van der Waals surface area (Å²) in [7, 11) is -3.49. The number of benzene rings is 1.